The van der Waals surface area contributed by atoms with Crippen molar-refractivity contribution < 1.29 is 9.53 Å². The molecule has 0 atom stereocenters. The molecule has 0 bridgehead atoms. The first-order valence-corrected chi connectivity index (χ1v) is 5.58. The summed E-state index contributed by atoms with van der Waals surface area (Å²) in [6.45, 7) is 6.22. The number of amides is 1. The number of carbonyl (C=O) groups excluding carboxylic acids is 1. The Labute approximate surface area is 107 Å². The lowest BCUT2D eigenvalue weighted by Crippen LogP contribution is -2.24. The van der Waals surface area contributed by atoms with Crippen LogP contribution in [0.25, 0.3) is 0 Å². The summed E-state index contributed by atoms with van der Waals surface area (Å²) in [5.74, 6) is -0.0771. The van der Waals surface area contributed by atoms with Crippen LogP contribution in [-0.2, 0) is 5.41 Å². The lowest BCUT2D eigenvalue weighted by molar-refractivity contribution is 0.100. The molecule has 0 saturated heterocycles. The van der Waals surface area contributed by atoms with Gasteiger partial charge in [-0.25, -0.2) is 0 Å². The molecule has 0 spiro atoms. The second kappa shape index (κ2) is 5.08. The second-order valence-electron chi connectivity index (χ2n) is 5.01. The third-order valence-electron chi connectivity index (χ3n) is 2.49. The predicted molar refractivity (Wildman–Crippen MR) is 71.8 cm³/mol. The van der Waals surface area contributed by atoms with Crippen molar-refractivity contribution in [2.45, 2.75) is 26.2 Å². The maximum absolute atomic E-state index is 11.7. The lowest BCUT2D eigenvalue weighted by Gasteiger charge is -2.22. The molecule has 0 aliphatic heterocycles. The van der Waals surface area contributed by atoms with Crippen molar-refractivity contribution in [2.24, 2.45) is 16.5 Å². The number of hydrogen-bond donors (Lipinski definition) is 2. The van der Waals surface area contributed by atoms with Gasteiger partial charge in [0.05, 0.1) is 7.11 Å². The highest BCUT2D eigenvalue weighted by Crippen LogP contribution is 2.32. The van der Waals surface area contributed by atoms with Gasteiger partial charge in [-0.3, -0.25) is 4.79 Å². The molecule has 1 aromatic rings. The maximum atomic E-state index is 11.7. The molecule has 5 nitrogen and oxygen atoms in total. The van der Waals surface area contributed by atoms with Crippen LogP contribution in [0.2, 0.25) is 0 Å². The molecule has 0 fully saturated rings. The number of rotatable bonds is 2. The van der Waals surface area contributed by atoms with Crippen LogP contribution in [-0.4, -0.2) is 19.0 Å². The van der Waals surface area contributed by atoms with E-state index in [1.807, 2.05) is 6.07 Å². The largest absolute Gasteiger partial charge is 0.496 e. The summed E-state index contributed by atoms with van der Waals surface area (Å²) in [5, 5.41) is 0. The van der Waals surface area contributed by atoms with Crippen molar-refractivity contribution >= 4 is 11.9 Å². The van der Waals surface area contributed by atoms with Crippen LogP contribution < -0.4 is 16.2 Å². The molecule has 0 unspecified atom stereocenters. The molecule has 1 amide bonds. The standard InChI is InChI=1S/C13H19N3O2/c1-13(2,3)9-6-5-8(7-10(9)18-4)11(17)16-12(14)15/h5-7H,1-4H3,(H4,14,15,16,17). The number of nitrogens with two attached hydrogens (primary N) is 2. The molecule has 0 saturated carbocycles. The first kappa shape index (κ1) is 14.0. The van der Waals surface area contributed by atoms with Crippen LogP contribution >= 0.6 is 0 Å². The molecule has 98 valence electrons. The summed E-state index contributed by atoms with van der Waals surface area (Å²) in [5.41, 5.74) is 11.7. The number of ether oxygens (including phenoxy) is 1. The van der Waals surface area contributed by atoms with E-state index in [0.717, 1.165) is 5.56 Å². The van der Waals surface area contributed by atoms with Crippen molar-refractivity contribution in [2.75, 3.05) is 7.11 Å². The number of benzene rings is 1. The van der Waals surface area contributed by atoms with E-state index in [9.17, 15) is 4.79 Å². The van der Waals surface area contributed by atoms with E-state index < -0.39 is 5.91 Å². The summed E-state index contributed by atoms with van der Waals surface area (Å²) >= 11 is 0. The Hall–Kier alpha value is -2.04. The van der Waals surface area contributed by atoms with Gasteiger partial charge in [0.15, 0.2) is 5.96 Å². The normalized spacial score (nSPS) is 10.9. The lowest BCUT2D eigenvalue weighted by atomic mass is 9.86. The van der Waals surface area contributed by atoms with Gasteiger partial charge in [-0.15, -0.1) is 0 Å². The zero-order chi connectivity index (χ0) is 13.9. The van der Waals surface area contributed by atoms with Crippen molar-refractivity contribution in [1.82, 2.24) is 0 Å². The minimum absolute atomic E-state index is 0.0664. The summed E-state index contributed by atoms with van der Waals surface area (Å²) in [7, 11) is 1.57. The van der Waals surface area contributed by atoms with E-state index >= 15 is 0 Å². The number of carbonyl (C=O) groups is 1. The van der Waals surface area contributed by atoms with Crippen LogP contribution in [0.5, 0.6) is 5.75 Å². The molecule has 0 aromatic heterocycles. The van der Waals surface area contributed by atoms with Gasteiger partial charge in [-0.1, -0.05) is 26.8 Å². The summed E-state index contributed by atoms with van der Waals surface area (Å²) in [4.78, 5) is 15.2. The molecule has 5 heteroatoms. The van der Waals surface area contributed by atoms with Gasteiger partial charge in [0.25, 0.3) is 5.91 Å². The van der Waals surface area contributed by atoms with Gasteiger partial charge in [0.1, 0.15) is 5.75 Å². The van der Waals surface area contributed by atoms with E-state index in [2.05, 4.69) is 25.8 Å². The summed E-state index contributed by atoms with van der Waals surface area (Å²) in [6.07, 6.45) is 0. The van der Waals surface area contributed by atoms with Crippen LogP contribution in [0, 0.1) is 0 Å². The molecular formula is C13H19N3O2. The summed E-state index contributed by atoms with van der Waals surface area (Å²) in [6, 6.07) is 5.20. The molecule has 4 N–H and O–H groups in total. The molecule has 0 heterocycles. The number of aliphatic imine (C=N–C) groups is 1. The Bertz CT molecular complexity index is 483. The minimum atomic E-state index is -0.478. The van der Waals surface area contributed by atoms with E-state index in [0.29, 0.717) is 11.3 Å². The minimum Gasteiger partial charge on any atom is -0.496 e. The highest BCUT2D eigenvalue weighted by molar-refractivity contribution is 6.02. The third kappa shape index (κ3) is 3.23. The fourth-order valence-electron chi connectivity index (χ4n) is 1.63. The number of hydrogen-bond acceptors (Lipinski definition) is 2. The van der Waals surface area contributed by atoms with Gasteiger partial charge >= 0.3 is 0 Å². The van der Waals surface area contributed by atoms with E-state index in [-0.39, 0.29) is 11.4 Å². The zero-order valence-electron chi connectivity index (χ0n) is 11.2. The fraction of sp³-hybridized carbons (Fsp3) is 0.385. The Balaban J connectivity index is 3.22. The Morgan fingerprint density at radius 1 is 1.28 bits per heavy atom. The molecule has 1 rings (SSSR count). The van der Waals surface area contributed by atoms with Gasteiger partial charge in [-0.2, -0.15) is 4.99 Å². The third-order valence-corrected chi connectivity index (χ3v) is 2.49. The van der Waals surface area contributed by atoms with Crippen LogP contribution in [0.1, 0.15) is 36.7 Å². The zero-order valence-corrected chi connectivity index (χ0v) is 11.2. The van der Waals surface area contributed by atoms with Gasteiger partial charge < -0.3 is 16.2 Å². The van der Waals surface area contributed by atoms with Crippen LogP contribution in [0.3, 0.4) is 0 Å². The van der Waals surface area contributed by atoms with Crippen molar-refractivity contribution in [3.63, 3.8) is 0 Å². The van der Waals surface area contributed by atoms with E-state index in [4.69, 9.17) is 16.2 Å². The predicted octanol–water partition coefficient (Wildman–Crippen LogP) is 1.41. The summed E-state index contributed by atoms with van der Waals surface area (Å²) < 4.78 is 5.30. The van der Waals surface area contributed by atoms with E-state index in [1.54, 1.807) is 19.2 Å². The maximum Gasteiger partial charge on any atom is 0.280 e. The van der Waals surface area contributed by atoms with Crippen LogP contribution in [0.15, 0.2) is 23.2 Å². The number of guanidine groups is 1. The van der Waals surface area contributed by atoms with Crippen molar-refractivity contribution in [1.29, 1.82) is 0 Å². The highest BCUT2D eigenvalue weighted by Gasteiger charge is 2.20. The first-order chi connectivity index (χ1) is 8.25. The van der Waals surface area contributed by atoms with E-state index in [1.165, 1.54) is 0 Å². The monoisotopic (exact) mass is 249 g/mol. The molecule has 1 aromatic carbocycles. The second-order valence-corrected chi connectivity index (χ2v) is 5.01. The van der Waals surface area contributed by atoms with Crippen molar-refractivity contribution in [3.05, 3.63) is 29.3 Å². The Morgan fingerprint density at radius 3 is 2.33 bits per heavy atom. The molecule has 0 aliphatic carbocycles. The topological polar surface area (TPSA) is 90.7 Å². The molecular weight excluding hydrogens is 230 g/mol. The van der Waals surface area contributed by atoms with Crippen LogP contribution in [0.4, 0.5) is 0 Å². The number of nitrogens with zero attached hydrogens (tertiary/aromatic N) is 1. The average Bonchev–Trinajstić information content (AvgIpc) is 2.26. The van der Waals surface area contributed by atoms with Gasteiger partial charge in [-0.05, 0) is 23.1 Å². The van der Waals surface area contributed by atoms with Gasteiger partial charge in [0.2, 0.25) is 0 Å². The van der Waals surface area contributed by atoms with Crippen molar-refractivity contribution in [3.8, 4) is 5.75 Å². The highest BCUT2D eigenvalue weighted by atomic mass is 16.5. The quantitative estimate of drug-likeness (QED) is 0.612. The molecule has 0 radical (unpaired) electrons. The molecule has 0 aliphatic rings. The number of methoxy groups -OCH3 is 1. The SMILES string of the molecule is COc1cc(C(=O)N=C(N)N)ccc1C(C)(C)C. The average molecular weight is 249 g/mol. The first-order valence-electron chi connectivity index (χ1n) is 5.58. The smallest absolute Gasteiger partial charge is 0.280 e. The fourth-order valence-corrected chi connectivity index (χ4v) is 1.63. The Morgan fingerprint density at radius 2 is 1.89 bits per heavy atom. The van der Waals surface area contributed by atoms with Gasteiger partial charge in [0, 0.05) is 5.56 Å². The Kier molecular flexibility index (Phi) is 3.96. The molecule has 18 heavy (non-hydrogen) atoms.